The maximum Gasteiger partial charge on any atom is 0.186 e. The first-order chi connectivity index (χ1) is 7.81. The molecule has 2 heterocycles. The molecule has 0 spiro atoms. The topological polar surface area (TPSA) is 51.0 Å². The van der Waals surface area contributed by atoms with Crippen molar-refractivity contribution in [3.63, 3.8) is 0 Å². The van der Waals surface area contributed by atoms with E-state index in [2.05, 4.69) is 15.5 Å². The highest BCUT2D eigenvalue weighted by Crippen LogP contribution is 2.23. The summed E-state index contributed by atoms with van der Waals surface area (Å²) in [7, 11) is 0. The van der Waals surface area contributed by atoms with Crippen molar-refractivity contribution in [3.8, 4) is 11.5 Å². The minimum absolute atomic E-state index is 0.696. The number of thiazole rings is 1. The van der Waals surface area contributed by atoms with Crippen molar-refractivity contribution in [1.82, 2.24) is 15.5 Å². The third kappa shape index (κ3) is 2.15. The van der Waals surface area contributed by atoms with E-state index in [0.717, 1.165) is 28.7 Å². The van der Waals surface area contributed by atoms with Gasteiger partial charge in [0, 0.05) is 24.0 Å². The molecule has 1 aliphatic carbocycles. The number of aryl methyl sites for hydroxylation is 1. The molecule has 84 valence electrons. The molecule has 0 aromatic carbocycles. The maximum atomic E-state index is 5.27. The molecule has 1 fully saturated rings. The first kappa shape index (κ1) is 9.99. The Morgan fingerprint density at radius 1 is 1.56 bits per heavy atom. The van der Waals surface area contributed by atoms with Gasteiger partial charge in [-0.05, 0) is 19.8 Å². The van der Waals surface area contributed by atoms with E-state index in [0.29, 0.717) is 6.04 Å². The summed E-state index contributed by atoms with van der Waals surface area (Å²) >= 11 is 1.62. The number of nitrogens with zero attached hydrogens (tertiary/aromatic N) is 2. The minimum atomic E-state index is 0.696. The van der Waals surface area contributed by atoms with Gasteiger partial charge in [0.25, 0.3) is 0 Å². The van der Waals surface area contributed by atoms with Crippen LogP contribution in [0.3, 0.4) is 0 Å². The van der Waals surface area contributed by atoms with Crippen molar-refractivity contribution in [3.05, 3.63) is 22.1 Å². The molecule has 1 saturated carbocycles. The van der Waals surface area contributed by atoms with Gasteiger partial charge in [-0.3, -0.25) is 0 Å². The summed E-state index contributed by atoms with van der Waals surface area (Å²) in [6, 6.07) is 2.66. The Balaban J connectivity index is 1.71. The van der Waals surface area contributed by atoms with Crippen molar-refractivity contribution in [2.45, 2.75) is 32.4 Å². The predicted octanol–water partition coefficient (Wildman–Crippen LogP) is 2.36. The summed E-state index contributed by atoms with van der Waals surface area (Å²) < 4.78 is 5.27. The van der Waals surface area contributed by atoms with Crippen molar-refractivity contribution in [1.29, 1.82) is 0 Å². The van der Waals surface area contributed by atoms with Crippen molar-refractivity contribution in [2.24, 2.45) is 0 Å². The van der Waals surface area contributed by atoms with Crippen LogP contribution in [0.25, 0.3) is 11.5 Å². The zero-order valence-electron chi connectivity index (χ0n) is 9.06. The molecule has 0 saturated heterocycles. The molecule has 2 aromatic rings. The van der Waals surface area contributed by atoms with E-state index >= 15 is 0 Å². The molecule has 0 amide bonds. The molecule has 0 bridgehead atoms. The number of rotatable bonds is 4. The Morgan fingerprint density at radius 3 is 3.12 bits per heavy atom. The fourth-order valence-corrected chi connectivity index (χ4v) is 2.13. The number of hydrogen-bond acceptors (Lipinski definition) is 5. The van der Waals surface area contributed by atoms with E-state index in [1.807, 2.05) is 18.4 Å². The average Bonchev–Trinajstić information content (AvgIpc) is 2.81. The van der Waals surface area contributed by atoms with Gasteiger partial charge in [-0.15, -0.1) is 11.3 Å². The van der Waals surface area contributed by atoms with E-state index in [1.54, 1.807) is 11.3 Å². The van der Waals surface area contributed by atoms with E-state index in [-0.39, 0.29) is 0 Å². The Hall–Kier alpha value is -1.20. The van der Waals surface area contributed by atoms with Crippen molar-refractivity contribution >= 4 is 11.3 Å². The molecule has 1 aliphatic rings. The van der Waals surface area contributed by atoms with E-state index in [1.165, 1.54) is 12.8 Å². The molecule has 2 aromatic heterocycles. The molecule has 1 N–H and O–H groups in total. The standard InChI is InChI=1S/C11H13N3OS/c1-7-13-10(6-16-7)11-4-9(14-15-11)5-12-8-2-3-8/h4,6,8,12H,2-3,5H2,1H3. The van der Waals surface area contributed by atoms with Crippen LogP contribution < -0.4 is 5.32 Å². The highest BCUT2D eigenvalue weighted by atomic mass is 32.1. The second kappa shape index (κ2) is 3.99. The predicted molar refractivity (Wildman–Crippen MR) is 62.2 cm³/mol. The zero-order valence-corrected chi connectivity index (χ0v) is 9.88. The van der Waals surface area contributed by atoms with Crippen LogP contribution in [0.15, 0.2) is 16.0 Å². The normalized spacial score (nSPS) is 15.6. The van der Waals surface area contributed by atoms with E-state index in [4.69, 9.17) is 4.52 Å². The summed E-state index contributed by atoms with van der Waals surface area (Å²) in [6.07, 6.45) is 2.58. The van der Waals surface area contributed by atoms with Gasteiger partial charge in [0.05, 0.1) is 10.7 Å². The zero-order chi connectivity index (χ0) is 11.0. The van der Waals surface area contributed by atoms with Crippen LogP contribution in [0.5, 0.6) is 0 Å². The Bertz CT molecular complexity index is 487. The fourth-order valence-electron chi connectivity index (χ4n) is 1.53. The van der Waals surface area contributed by atoms with Crippen molar-refractivity contribution in [2.75, 3.05) is 0 Å². The van der Waals surface area contributed by atoms with Crippen LogP contribution in [0.1, 0.15) is 23.5 Å². The van der Waals surface area contributed by atoms with Gasteiger partial charge in [-0.25, -0.2) is 4.98 Å². The molecule has 3 rings (SSSR count). The number of hydrogen-bond donors (Lipinski definition) is 1. The molecule has 0 aliphatic heterocycles. The Morgan fingerprint density at radius 2 is 2.44 bits per heavy atom. The first-order valence-electron chi connectivity index (χ1n) is 5.43. The van der Waals surface area contributed by atoms with Crippen LogP contribution in [0.4, 0.5) is 0 Å². The van der Waals surface area contributed by atoms with E-state index in [9.17, 15) is 0 Å². The van der Waals surface area contributed by atoms with Gasteiger partial charge in [-0.1, -0.05) is 5.16 Å². The lowest BCUT2D eigenvalue weighted by molar-refractivity contribution is 0.419. The van der Waals surface area contributed by atoms with Gasteiger partial charge in [0.1, 0.15) is 5.69 Å². The second-order valence-electron chi connectivity index (χ2n) is 4.09. The first-order valence-corrected chi connectivity index (χ1v) is 6.31. The molecule has 0 atom stereocenters. The summed E-state index contributed by atoms with van der Waals surface area (Å²) in [5.74, 6) is 0.761. The fraction of sp³-hybridized carbons (Fsp3) is 0.455. The number of nitrogens with one attached hydrogen (secondary N) is 1. The Kier molecular flexibility index (Phi) is 2.49. The third-order valence-corrected chi connectivity index (χ3v) is 3.35. The van der Waals surface area contributed by atoms with Crippen LogP contribution >= 0.6 is 11.3 Å². The smallest absolute Gasteiger partial charge is 0.186 e. The summed E-state index contributed by atoms with van der Waals surface area (Å²) in [5.41, 5.74) is 1.83. The number of aromatic nitrogens is 2. The largest absolute Gasteiger partial charge is 0.354 e. The molecule has 0 unspecified atom stereocenters. The molecular formula is C11H13N3OS. The molecule has 0 radical (unpaired) electrons. The third-order valence-electron chi connectivity index (χ3n) is 2.58. The Labute approximate surface area is 97.7 Å². The quantitative estimate of drug-likeness (QED) is 0.883. The lowest BCUT2D eigenvalue weighted by Crippen LogP contribution is -2.15. The summed E-state index contributed by atoms with van der Waals surface area (Å²) in [4.78, 5) is 4.37. The lowest BCUT2D eigenvalue weighted by Gasteiger charge is -1.95. The highest BCUT2D eigenvalue weighted by Gasteiger charge is 2.20. The minimum Gasteiger partial charge on any atom is -0.354 e. The molecule has 16 heavy (non-hydrogen) atoms. The highest BCUT2D eigenvalue weighted by molar-refractivity contribution is 7.09. The molecular weight excluding hydrogens is 222 g/mol. The van der Waals surface area contributed by atoms with E-state index < -0.39 is 0 Å². The van der Waals surface area contributed by atoms with Crippen LogP contribution in [-0.4, -0.2) is 16.2 Å². The second-order valence-corrected chi connectivity index (χ2v) is 5.15. The SMILES string of the molecule is Cc1nc(-c2cc(CNC3CC3)no2)cs1. The lowest BCUT2D eigenvalue weighted by atomic mass is 10.3. The van der Waals surface area contributed by atoms with Gasteiger partial charge >= 0.3 is 0 Å². The summed E-state index contributed by atoms with van der Waals surface area (Å²) in [5, 5.41) is 10.5. The molecule has 4 nitrogen and oxygen atoms in total. The van der Waals surface area contributed by atoms with Gasteiger partial charge < -0.3 is 9.84 Å². The van der Waals surface area contributed by atoms with Crippen molar-refractivity contribution < 1.29 is 4.52 Å². The van der Waals surface area contributed by atoms with Gasteiger partial charge in [0.2, 0.25) is 0 Å². The maximum absolute atomic E-state index is 5.27. The monoisotopic (exact) mass is 235 g/mol. The van der Waals surface area contributed by atoms with Crippen LogP contribution in [-0.2, 0) is 6.54 Å². The van der Waals surface area contributed by atoms with Crippen LogP contribution in [0.2, 0.25) is 0 Å². The molecule has 5 heteroatoms. The average molecular weight is 235 g/mol. The summed E-state index contributed by atoms with van der Waals surface area (Å²) in [6.45, 7) is 2.78. The van der Waals surface area contributed by atoms with Gasteiger partial charge in [-0.2, -0.15) is 0 Å². The van der Waals surface area contributed by atoms with Crippen LogP contribution in [0, 0.1) is 6.92 Å². The van der Waals surface area contributed by atoms with Gasteiger partial charge in [0.15, 0.2) is 5.76 Å².